The van der Waals surface area contributed by atoms with Crippen molar-refractivity contribution in [3.63, 3.8) is 0 Å². The first-order valence-electron chi connectivity index (χ1n) is 4.41. The van der Waals surface area contributed by atoms with Crippen LogP contribution < -0.4 is 11.2 Å². The van der Waals surface area contributed by atoms with Gasteiger partial charge in [0, 0.05) is 12.6 Å². The summed E-state index contributed by atoms with van der Waals surface area (Å²) >= 11 is 0. The van der Waals surface area contributed by atoms with Crippen LogP contribution in [0, 0.1) is 0 Å². The van der Waals surface area contributed by atoms with Crippen LogP contribution in [0.3, 0.4) is 0 Å². The normalized spacial score (nSPS) is 10.2. The molecule has 1 heterocycles. The first kappa shape index (κ1) is 9.39. The van der Waals surface area contributed by atoms with Crippen molar-refractivity contribution in [1.29, 1.82) is 0 Å². The van der Waals surface area contributed by atoms with Gasteiger partial charge in [-0.15, -0.1) is 0 Å². The number of benzene rings is 1. The molecular weight excluding hydrogens is 194 g/mol. The Morgan fingerprint density at radius 1 is 1.20 bits per heavy atom. The van der Waals surface area contributed by atoms with Gasteiger partial charge < -0.3 is 0 Å². The van der Waals surface area contributed by atoms with Crippen molar-refractivity contribution >= 4 is 0 Å². The molecule has 2 aromatic rings. The van der Waals surface area contributed by atoms with Crippen LogP contribution in [0.1, 0.15) is 0 Å². The van der Waals surface area contributed by atoms with Crippen molar-refractivity contribution in [3.8, 4) is 11.3 Å². The van der Waals surface area contributed by atoms with Gasteiger partial charge in [0.1, 0.15) is 0 Å². The number of rotatable bonds is 1. The summed E-state index contributed by atoms with van der Waals surface area (Å²) < 4.78 is 0.995. The topological polar surface area (TPSA) is 67.8 Å². The van der Waals surface area contributed by atoms with E-state index in [1.807, 2.05) is 18.2 Å². The highest BCUT2D eigenvalue weighted by molar-refractivity contribution is 5.56. The summed E-state index contributed by atoms with van der Waals surface area (Å²) in [5.74, 6) is 0. The van der Waals surface area contributed by atoms with Crippen LogP contribution in [-0.2, 0) is 7.05 Å². The first-order chi connectivity index (χ1) is 7.20. The Hall–Kier alpha value is -2.17. The number of aromatic amines is 1. The summed E-state index contributed by atoms with van der Waals surface area (Å²) in [4.78, 5) is 22.7. The van der Waals surface area contributed by atoms with Crippen molar-refractivity contribution < 1.29 is 0 Å². The maximum absolute atomic E-state index is 11.7. The Morgan fingerprint density at radius 2 is 1.87 bits per heavy atom. The summed E-state index contributed by atoms with van der Waals surface area (Å²) in [5.41, 5.74) is 0.0247. The third kappa shape index (κ3) is 1.59. The SMILES string of the molecule is Cn1c(=O)[nH]nc(-c2ccccc2)c1=O. The molecule has 76 valence electrons. The first-order valence-corrected chi connectivity index (χ1v) is 4.41. The molecule has 2 rings (SSSR count). The molecule has 15 heavy (non-hydrogen) atoms. The summed E-state index contributed by atoms with van der Waals surface area (Å²) in [7, 11) is 1.41. The van der Waals surface area contributed by atoms with Crippen LogP contribution in [0.4, 0.5) is 0 Å². The van der Waals surface area contributed by atoms with Gasteiger partial charge in [0.15, 0.2) is 5.69 Å². The molecule has 0 spiro atoms. The van der Waals surface area contributed by atoms with Crippen molar-refractivity contribution in [2.75, 3.05) is 0 Å². The van der Waals surface area contributed by atoms with Crippen molar-refractivity contribution in [1.82, 2.24) is 14.8 Å². The second-order valence-corrected chi connectivity index (χ2v) is 3.11. The molecule has 0 aliphatic carbocycles. The summed E-state index contributed by atoms with van der Waals surface area (Å²) in [6.07, 6.45) is 0. The van der Waals surface area contributed by atoms with Gasteiger partial charge in [-0.25, -0.2) is 9.89 Å². The second kappa shape index (κ2) is 3.53. The van der Waals surface area contributed by atoms with Crippen LogP contribution in [0.15, 0.2) is 39.9 Å². The fourth-order valence-corrected chi connectivity index (χ4v) is 1.26. The predicted molar refractivity (Wildman–Crippen MR) is 55.5 cm³/mol. The maximum Gasteiger partial charge on any atom is 0.344 e. The van der Waals surface area contributed by atoms with Gasteiger partial charge in [0.25, 0.3) is 5.56 Å². The number of hydrogen-bond donors (Lipinski definition) is 1. The molecule has 1 aromatic heterocycles. The molecular formula is C10H9N3O2. The molecule has 0 aliphatic heterocycles. The second-order valence-electron chi connectivity index (χ2n) is 3.11. The third-order valence-electron chi connectivity index (χ3n) is 2.12. The smallest absolute Gasteiger partial charge is 0.267 e. The van der Waals surface area contributed by atoms with Crippen LogP contribution in [0.25, 0.3) is 11.3 Å². The maximum atomic E-state index is 11.7. The number of hydrogen-bond acceptors (Lipinski definition) is 3. The lowest BCUT2D eigenvalue weighted by molar-refractivity contribution is 0.732. The van der Waals surface area contributed by atoms with Crippen LogP contribution in [0.2, 0.25) is 0 Å². The number of nitrogens with zero attached hydrogens (tertiary/aromatic N) is 2. The highest BCUT2D eigenvalue weighted by Gasteiger charge is 2.07. The Morgan fingerprint density at radius 3 is 2.53 bits per heavy atom. The van der Waals surface area contributed by atoms with Gasteiger partial charge >= 0.3 is 5.69 Å². The molecule has 0 bridgehead atoms. The average Bonchev–Trinajstić information content (AvgIpc) is 2.27. The van der Waals surface area contributed by atoms with Crippen LogP contribution >= 0.6 is 0 Å². The van der Waals surface area contributed by atoms with Gasteiger partial charge in [-0.2, -0.15) is 5.10 Å². The Labute approximate surface area is 85.0 Å². The molecule has 0 fully saturated rings. The molecule has 5 nitrogen and oxygen atoms in total. The van der Waals surface area contributed by atoms with E-state index in [4.69, 9.17) is 0 Å². The van der Waals surface area contributed by atoms with Gasteiger partial charge in [0.05, 0.1) is 0 Å². The molecule has 0 amide bonds. The van der Waals surface area contributed by atoms with E-state index >= 15 is 0 Å². The number of H-pyrrole nitrogens is 1. The van der Waals surface area contributed by atoms with E-state index < -0.39 is 11.2 Å². The van der Waals surface area contributed by atoms with Crippen molar-refractivity contribution in [2.24, 2.45) is 7.05 Å². The number of aromatic nitrogens is 3. The minimum Gasteiger partial charge on any atom is -0.267 e. The molecule has 0 atom stereocenters. The molecule has 1 aromatic carbocycles. The molecule has 1 N–H and O–H groups in total. The lowest BCUT2D eigenvalue weighted by atomic mass is 10.2. The molecule has 5 heteroatoms. The molecule has 0 unspecified atom stereocenters. The number of nitrogens with one attached hydrogen (secondary N) is 1. The van der Waals surface area contributed by atoms with E-state index in [1.54, 1.807) is 12.1 Å². The van der Waals surface area contributed by atoms with E-state index in [2.05, 4.69) is 10.2 Å². The summed E-state index contributed by atoms with van der Waals surface area (Å²) in [6.45, 7) is 0. The zero-order chi connectivity index (χ0) is 10.8. The minimum absolute atomic E-state index is 0.248. The standard InChI is InChI=1S/C10H9N3O2/c1-13-9(14)8(11-12-10(13)15)7-5-3-2-4-6-7/h2-6H,1H3,(H,12,15). The monoisotopic (exact) mass is 203 g/mol. The lowest BCUT2D eigenvalue weighted by Crippen LogP contribution is -2.34. The van der Waals surface area contributed by atoms with Crippen LogP contribution in [-0.4, -0.2) is 14.8 Å². The third-order valence-corrected chi connectivity index (χ3v) is 2.12. The Bertz CT molecular complexity index is 584. The Kier molecular flexibility index (Phi) is 2.21. The van der Waals surface area contributed by atoms with Gasteiger partial charge in [-0.3, -0.25) is 9.36 Å². The van der Waals surface area contributed by atoms with Gasteiger partial charge in [0.2, 0.25) is 0 Å². The van der Waals surface area contributed by atoms with Crippen molar-refractivity contribution in [3.05, 3.63) is 51.2 Å². The summed E-state index contributed by atoms with van der Waals surface area (Å²) in [5, 5.41) is 6.00. The molecule has 0 radical (unpaired) electrons. The van der Waals surface area contributed by atoms with E-state index in [9.17, 15) is 9.59 Å². The van der Waals surface area contributed by atoms with Crippen LogP contribution in [0.5, 0.6) is 0 Å². The summed E-state index contributed by atoms with van der Waals surface area (Å²) in [6, 6.07) is 8.99. The highest BCUT2D eigenvalue weighted by Crippen LogP contribution is 2.09. The lowest BCUT2D eigenvalue weighted by Gasteiger charge is -2.00. The average molecular weight is 203 g/mol. The van der Waals surface area contributed by atoms with E-state index in [0.717, 1.165) is 4.57 Å². The molecule has 0 saturated heterocycles. The van der Waals surface area contributed by atoms with Gasteiger partial charge in [-0.1, -0.05) is 30.3 Å². The predicted octanol–water partition coefficient (Wildman–Crippen LogP) is 0.136. The quantitative estimate of drug-likeness (QED) is 0.716. The van der Waals surface area contributed by atoms with Gasteiger partial charge in [-0.05, 0) is 0 Å². The fraction of sp³-hybridized carbons (Fsp3) is 0.100. The molecule has 0 saturated carbocycles. The molecule has 0 aliphatic rings. The van der Waals surface area contributed by atoms with E-state index in [-0.39, 0.29) is 5.69 Å². The Balaban J connectivity index is 2.71. The zero-order valence-corrected chi connectivity index (χ0v) is 8.10. The fourth-order valence-electron chi connectivity index (χ4n) is 1.26. The largest absolute Gasteiger partial charge is 0.344 e. The minimum atomic E-state index is -0.514. The van der Waals surface area contributed by atoms with E-state index in [0.29, 0.717) is 5.56 Å². The van der Waals surface area contributed by atoms with Crippen molar-refractivity contribution in [2.45, 2.75) is 0 Å². The zero-order valence-electron chi connectivity index (χ0n) is 8.10. The van der Waals surface area contributed by atoms with E-state index in [1.165, 1.54) is 7.05 Å². The highest BCUT2D eigenvalue weighted by atomic mass is 16.2.